The Hall–Kier alpha value is -1.06. The monoisotopic (exact) mass is 251 g/mol. The van der Waals surface area contributed by atoms with Crippen molar-refractivity contribution in [1.29, 1.82) is 0 Å². The molecule has 0 bridgehead atoms. The van der Waals surface area contributed by atoms with Crippen molar-refractivity contribution < 1.29 is 9.84 Å². The second-order valence-electron chi connectivity index (χ2n) is 5.52. The van der Waals surface area contributed by atoms with Crippen LogP contribution in [0.5, 0.6) is 5.75 Å². The number of benzene rings is 1. The summed E-state index contributed by atoms with van der Waals surface area (Å²) >= 11 is 0. The van der Waals surface area contributed by atoms with Gasteiger partial charge in [0.05, 0.1) is 12.7 Å². The predicted octanol–water partition coefficient (Wildman–Crippen LogP) is 2.30. The van der Waals surface area contributed by atoms with E-state index in [2.05, 4.69) is 25.2 Å². The fraction of sp³-hybridized carbons (Fsp3) is 0.600. The zero-order chi connectivity index (χ0) is 13.8. The highest BCUT2D eigenvalue weighted by Gasteiger charge is 2.22. The number of hydrogen-bond donors (Lipinski definition) is 2. The Morgan fingerprint density at radius 3 is 2.61 bits per heavy atom. The lowest BCUT2D eigenvalue weighted by Gasteiger charge is -2.26. The summed E-state index contributed by atoms with van der Waals surface area (Å²) in [5.41, 5.74) is 1.46. The first-order valence-electron chi connectivity index (χ1n) is 6.43. The van der Waals surface area contributed by atoms with Crippen molar-refractivity contribution in [2.75, 3.05) is 13.7 Å². The van der Waals surface area contributed by atoms with E-state index < -0.39 is 5.60 Å². The number of aryl methyl sites for hydroxylation is 1. The van der Waals surface area contributed by atoms with Gasteiger partial charge in [-0.25, -0.2) is 0 Å². The van der Waals surface area contributed by atoms with E-state index in [-0.39, 0.29) is 0 Å². The van der Waals surface area contributed by atoms with Crippen molar-refractivity contribution in [3.05, 3.63) is 29.3 Å². The van der Waals surface area contributed by atoms with Gasteiger partial charge in [-0.2, -0.15) is 0 Å². The highest BCUT2D eigenvalue weighted by Crippen LogP contribution is 2.24. The Balaban J connectivity index is 2.79. The van der Waals surface area contributed by atoms with E-state index >= 15 is 0 Å². The van der Waals surface area contributed by atoms with Crippen LogP contribution in [0.4, 0.5) is 0 Å². The SMILES string of the molecule is COc1ccc(C)cc1CC(C)(O)CNC(C)C. The minimum Gasteiger partial charge on any atom is -0.496 e. The van der Waals surface area contributed by atoms with E-state index in [0.717, 1.165) is 11.3 Å². The van der Waals surface area contributed by atoms with Gasteiger partial charge in [0.2, 0.25) is 0 Å². The highest BCUT2D eigenvalue weighted by atomic mass is 16.5. The summed E-state index contributed by atoms with van der Waals surface area (Å²) in [5.74, 6) is 0.838. The third-order valence-electron chi connectivity index (χ3n) is 2.90. The van der Waals surface area contributed by atoms with Crippen molar-refractivity contribution in [2.45, 2.75) is 45.8 Å². The molecule has 1 aromatic carbocycles. The molecule has 0 aliphatic carbocycles. The molecule has 0 radical (unpaired) electrons. The molecule has 1 unspecified atom stereocenters. The van der Waals surface area contributed by atoms with Gasteiger partial charge in [0.15, 0.2) is 0 Å². The summed E-state index contributed by atoms with van der Waals surface area (Å²) in [7, 11) is 1.66. The predicted molar refractivity (Wildman–Crippen MR) is 75.2 cm³/mol. The van der Waals surface area contributed by atoms with Crippen LogP contribution in [0.1, 0.15) is 31.9 Å². The smallest absolute Gasteiger partial charge is 0.122 e. The van der Waals surface area contributed by atoms with Crippen LogP contribution in [0.3, 0.4) is 0 Å². The standard InChI is InChI=1S/C15H25NO2/c1-11(2)16-10-15(4,17)9-13-8-12(3)6-7-14(13)18-5/h6-8,11,16-17H,9-10H2,1-5H3. The molecule has 3 nitrogen and oxygen atoms in total. The van der Waals surface area contributed by atoms with Crippen molar-refractivity contribution in [3.8, 4) is 5.75 Å². The molecule has 0 aliphatic rings. The van der Waals surface area contributed by atoms with E-state index in [9.17, 15) is 5.11 Å². The van der Waals surface area contributed by atoms with E-state index in [0.29, 0.717) is 19.0 Å². The summed E-state index contributed by atoms with van der Waals surface area (Å²) in [5, 5.41) is 13.7. The van der Waals surface area contributed by atoms with Gasteiger partial charge in [0.25, 0.3) is 0 Å². The van der Waals surface area contributed by atoms with Gasteiger partial charge in [-0.3, -0.25) is 0 Å². The third kappa shape index (κ3) is 4.67. The highest BCUT2D eigenvalue weighted by molar-refractivity contribution is 5.37. The average molecular weight is 251 g/mol. The minimum atomic E-state index is -0.772. The molecule has 3 heteroatoms. The fourth-order valence-electron chi connectivity index (χ4n) is 1.94. The number of methoxy groups -OCH3 is 1. The van der Waals surface area contributed by atoms with E-state index in [1.165, 1.54) is 5.56 Å². The lowest BCUT2D eigenvalue weighted by molar-refractivity contribution is 0.0575. The lowest BCUT2D eigenvalue weighted by atomic mass is 9.94. The van der Waals surface area contributed by atoms with Crippen molar-refractivity contribution >= 4 is 0 Å². The Labute approximate surface area is 110 Å². The van der Waals surface area contributed by atoms with Crippen LogP contribution >= 0.6 is 0 Å². The Morgan fingerprint density at radius 2 is 2.06 bits per heavy atom. The van der Waals surface area contributed by atoms with Crippen molar-refractivity contribution in [2.24, 2.45) is 0 Å². The molecule has 0 saturated heterocycles. The topological polar surface area (TPSA) is 41.5 Å². The summed E-state index contributed by atoms with van der Waals surface area (Å²) in [6.07, 6.45) is 0.581. The quantitative estimate of drug-likeness (QED) is 0.815. The first-order valence-corrected chi connectivity index (χ1v) is 6.43. The average Bonchev–Trinajstić information content (AvgIpc) is 2.26. The maximum atomic E-state index is 10.4. The van der Waals surface area contributed by atoms with Crippen LogP contribution in [0.15, 0.2) is 18.2 Å². The molecule has 102 valence electrons. The lowest BCUT2D eigenvalue weighted by Crippen LogP contribution is -2.42. The molecule has 0 saturated carbocycles. The maximum Gasteiger partial charge on any atom is 0.122 e. The summed E-state index contributed by atoms with van der Waals surface area (Å²) in [6, 6.07) is 6.42. The van der Waals surface area contributed by atoms with E-state index in [1.807, 2.05) is 26.0 Å². The molecular formula is C15H25NO2. The van der Waals surface area contributed by atoms with Crippen LogP contribution in [0, 0.1) is 6.92 Å². The van der Waals surface area contributed by atoms with Gasteiger partial charge in [0, 0.05) is 19.0 Å². The third-order valence-corrected chi connectivity index (χ3v) is 2.90. The van der Waals surface area contributed by atoms with Crippen LogP contribution in [-0.2, 0) is 6.42 Å². The first-order chi connectivity index (χ1) is 8.34. The number of ether oxygens (including phenoxy) is 1. The number of rotatable bonds is 6. The molecule has 0 aliphatic heterocycles. The molecule has 0 spiro atoms. The van der Waals surface area contributed by atoms with E-state index in [4.69, 9.17) is 4.74 Å². The normalized spacial score (nSPS) is 14.6. The van der Waals surface area contributed by atoms with Gasteiger partial charge < -0.3 is 15.2 Å². The van der Waals surface area contributed by atoms with Gasteiger partial charge in [-0.05, 0) is 25.5 Å². The van der Waals surface area contributed by atoms with Crippen LogP contribution in [-0.4, -0.2) is 30.4 Å². The second kappa shape index (κ2) is 6.21. The minimum absolute atomic E-state index is 0.371. The largest absolute Gasteiger partial charge is 0.496 e. The van der Waals surface area contributed by atoms with Gasteiger partial charge in [-0.1, -0.05) is 31.5 Å². The Morgan fingerprint density at radius 1 is 1.39 bits per heavy atom. The fourth-order valence-corrected chi connectivity index (χ4v) is 1.94. The number of aliphatic hydroxyl groups is 1. The molecule has 1 aromatic rings. The molecule has 1 rings (SSSR count). The summed E-state index contributed by atoms with van der Waals surface area (Å²) in [4.78, 5) is 0. The molecular weight excluding hydrogens is 226 g/mol. The molecule has 2 N–H and O–H groups in total. The zero-order valence-corrected chi connectivity index (χ0v) is 12.1. The Bertz CT molecular complexity index is 386. The number of nitrogens with one attached hydrogen (secondary N) is 1. The Kier molecular flexibility index (Phi) is 5.17. The molecule has 0 amide bonds. The van der Waals surface area contributed by atoms with Gasteiger partial charge >= 0.3 is 0 Å². The molecule has 18 heavy (non-hydrogen) atoms. The zero-order valence-electron chi connectivity index (χ0n) is 12.1. The summed E-state index contributed by atoms with van der Waals surface area (Å²) < 4.78 is 5.34. The number of hydrogen-bond acceptors (Lipinski definition) is 3. The van der Waals surface area contributed by atoms with Crippen molar-refractivity contribution in [1.82, 2.24) is 5.32 Å². The second-order valence-corrected chi connectivity index (χ2v) is 5.52. The first kappa shape index (κ1) is 15.0. The van der Waals surface area contributed by atoms with E-state index in [1.54, 1.807) is 7.11 Å². The summed E-state index contributed by atoms with van der Waals surface area (Å²) in [6.45, 7) is 8.61. The molecule has 0 heterocycles. The van der Waals surface area contributed by atoms with Crippen LogP contribution in [0.2, 0.25) is 0 Å². The van der Waals surface area contributed by atoms with Gasteiger partial charge in [0.1, 0.15) is 5.75 Å². The van der Waals surface area contributed by atoms with Crippen LogP contribution in [0.25, 0.3) is 0 Å². The molecule has 0 aromatic heterocycles. The van der Waals surface area contributed by atoms with Gasteiger partial charge in [-0.15, -0.1) is 0 Å². The molecule has 1 atom stereocenters. The van der Waals surface area contributed by atoms with Crippen molar-refractivity contribution in [3.63, 3.8) is 0 Å². The van der Waals surface area contributed by atoms with Crippen LogP contribution < -0.4 is 10.1 Å². The molecule has 0 fully saturated rings. The maximum absolute atomic E-state index is 10.4.